The minimum Gasteiger partial charge on any atom is -0.463 e. The van der Waals surface area contributed by atoms with Crippen molar-refractivity contribution in [2.75, 3.05) is 13.4 Å². The molecule has 8 nitrogen and oxygen atoms in total. The van der Waals surface area contributed by atoms with Crippen LogP contribution >= 0.6 is 11.6 Å². The van der Waals surface area contributed by atoms with Crippen molar-refractivity contribution < 1.29 is 23.7 Å². The van der Waals surface area contributed by atoms with Gasteiger partial charge < -0.3 is 24.7 Å². The number of rotatable bonds is 5. The molecule has 2 N–H and O–H groups in total. The van der Waals surface area contributed by atoms with E-state index in [-0.39, 0.29) is 35.6 Å². The van der Waals surface area contributed by atoms with E-state index in [4.69, 9.17) is 36.3 Å². The van der Waals surface area contributed by atoms with E-state index in [9.17, 15) is 10.1 Å². The molecule has 1 aromatic carbocycles. The molecule has 0 amide bonds. The molecule has 0 saturated heterocycles. The van der Waals surface area contributed by atoms with Crippen LogP contribution in [0, 0.1) is 11.3 Å². The number of aromatic nitrogens is 1. The van der Waals surface area contributed by atoms with E-state index < -0.39 is 11.9 Å². The Bertz CT molecular complexity index is 1180. The summed E-state index contributed by atoms with van der Waals surface area (Å²) in [6.45, 7) is 3.95. The van der Waals surface area contributed by atoms with Crippen LogP contribution in [-0.4, -0.2) is 24.4 Å². The first-order valence-electron chi connectivity index (χ1n) is 9.86. The van der Waals surface area contributed by atoms with Crippen molar-refractivity contribution in [1.29, 1.82) is 5.26 Å². The molecule has 0 fully saturated rings. The smallest absolute Gasteiger partial charge is 0.338 e. The second kappa shape index (κ2) is 8.36. The second-order valence-corrected chi connectivity index (χ2v) is 7.36. The number of pyridine rings is 1. The average Bonchev–Trinajstić information content (AvgIpc) is 3.19. The fourth-order valence-corrected chi connectivity index (χ4v) is 3.99. The van der Waals surface area contributed by atoms with Crippen LogP contribution in [0.2, 0.25) is 5.15 Å². The van der Waals surface area contributed by atoms with Crippen LogP contribution < -0.4 is 15.2 Å². The number of fused-ring (bicyclic) bond motifs is 2. The Labute approximate surface area is 183 Å². The van der Waals surface area contributed by atoms with Crippen LogP contribution in [0.1, 0.15) is 38.2 Å². The van der Waals surface area contributed by atoms with E-state index in [1.807, 2.05) is 6.92 Å². The van der Waals surface area contributed by atoms with Gasteiger partial charge in [0.15, 0.2) is 11.5 Å². The number of nitrogens with two attached hydrogens (primary N) is 1. The quantitative estimate of drug-likeness (QED) is 0.545. The summed E-state index contributed by atoms with van der Waals surface area (Å²) >= 11 is 6.56. The van der Waals surface area contributed by atoms with Crippen LogP contribution in [0.3, 0.4) is 0 Å². The normalized spacial score (nSPS) is 17.5. The summed E-state index contributed by atoms with van der Waals surface area (Å²) in [5, 5.41) is 10.7. The van der Waals surface area contributed by atoms with Crippen molar-refractivity contribution in [2.45, 2.75) is 32.6 Å². The van der Waals surface area contributed by atoms with E-state index >= 15 is 0 Å². The summed E-state index contributed by atoms with van der Waals surface area (Å²) in [6.07, 6.45) is 1.15. The topological polar surface area (TPSA) is 117 Å². The summed E-state index contributed by atoms with van der Waals surface area (Å²) in [4.78, 5) is 17.4. The zero-order valence-corrected chi connectivity index (χ0v) is 17.8. The number of halogens is 1. The SMILES string of the molecule is CCCC1=C(C(=O)OCC)C(c2cc3cc4c(cc3nc2Cl)OCO4)C(C#N)=C(N)O1. The summed E-state index contributed by atoms with van der Waals surface area (Å²) in [7, 11) is 0. The first-order chi connectivity index (χ1) is 15.0. The van der Waals surface area contributed by atoms with Crippen LogP contribution in [0.5, 0.6) is 11.5 Å². The number of benzene rings is 1. The number of carbonyl (C=O) groups is 1. The van der Waals surface area contributed by atoms with Crippen LogP contribution in [0.25, 0.3) is 10.9 Å². The molecule has 0 radical (unpaired) electrons. The van der Waals surface area contributed by atoms with Crippen LogP contribution in [-0.2, 0) is 14.3 Å². The molecule has 2 aliphatic heterocycles. The zero-order chi connectivity index (χ0) is 22.1. The molecular formula is C22H20ClN3O5. The number of nitrogens with zero attached hydrogens (tertiary/aromatic N) is 2. The summed E-state index contributed by atoms with van der Waals surface area (Å²) in [6, 6.07) is 7.35. The fraction of sp³-hybridized carbons (Fsp3) is 0.318. The lowest BCUT2D eigenvalue weighted by molar-refractivity contribution is -0.139. The fourth-order valence-electron chi connectivity index (χ4n) is 3.73. The Morgan fingerprint density at radius 3 is 2.74 bits per heavy atom. The van der Waals surface area contributed by atoms with Crippen molar-refractivity contribution in [3.63, 3.8) is 0 Å². The third kappa shape index (κ3) is 3.62. The number of hydrogen-bond donors (Lipinski definition) is 1. The van der Waals surface area contributed by atoms with Gasteiger partial charge in [0, 0.05) is 23.4 Å². The maximum Gasteiger partial charge on any atom is 0.338 e. The lowest BCUT2D eigenvalue weighted by Crippen LogP contribution is -2.26. The monoisotopic (exact) mass is 441 g/mol. The molecule has 1 atom stereocenters. The van der Waals surface area contributed by atoms with E-state index in [1.54, 1.807) is 25.1 Å². The Balaban J connectivity index is 1.94. The Kier molecular flexibility index (Phi) is 5.61. The molecule has 0 spiro atoms. The summed E-state index contributed by atoms with van der Waals surface area (Å²) in [5.41, 5.74) is 7.39. The van der Waals surface area contributed by atoms with Gasteiger partial charge in [-0.25, -0.2) is 9.78 Å². The average molecular weight is 442 g/mol. The first-order valence-corrected chi connectivity index (χ1v) is 10.2. The van der Waals surface area contributed by atoms with Gasteiger partial charge in [-0.3, -0.25) is 0 Å². The number of hydrogen-bond acceptors (Lipinski definition) is 8. The molecule has 1 aromatic heterocycles. The highest BCUT2D eigenvalue weighted by Gasteiger charge is 2.39. The van der Waals surface area contributed by atoms with E-state index in [0.29, 0.717) is 46.6 Å². The van der Waals surface area contributed by atoms with Gasteiger partial charge in [0.05, 0.1) is 23.6 Å². The Morgan fingerprint density at radius 1 is 1.32 bits per heavy atom. The lowest BCUT2D eigenvalue weighted by atomic mass is 9.82. The highest BCUT2D eigenvalue weighted by atomic mass is 35.5. The third-order valence-electron chi connectivity index (χ3n) is 5.07. The number of allylic oxidation sites excluding steroid dienone is 2. The van der Waals surface area contributed by atoms with Crippen LogP contribution in [0.4, 0.5) is 0 Å². The molecule has 0 bridgehead atoms. The van der Waals surface area contributed by atoms with Gasteiger partial charge in [-0.15, -0.1) is 0 Å². The van der Waals surface area contributed by atoms with Gasteiger partial charge in [-0.2, -0.15) is 5.26 Å². The van der Waals surface area contributed by atoms with E-state index in [1.165, 1.54) is 0 Å². The molecule has 0 saturated carbocycles. The number of ether oxygens (including phenoxy) is 4. The summed E-state index contributed by atoms with van der Waals surface area (Å²) < 4.78 is 21.8. The van der Waals surface area contributed by atoms with Crippen molar-refractivity contribution in [1.82, 2.24) is 4.98 Å². The molecule has 9 heteroatoms. The molecule has 160 valence electrons. The van der Waals surface area contributed by atoms with Crippen molar-refractivity contribution in [2.24, 2.45) is 5.73 Å². The van der Waals surface area contributed by atoms with Gasteiger partial charge in [-0.05, 0) is 25.5 Å². The van der Waals surface area contributed by atoms with Gasteiger partial charge >= 0.3 is 5.97 Å². The molecule has 2 aliphatic rings. The van der Waals surface area contributed by atoms with Crippen LogP contribution in [0.15, 0.2) is 41.0 Å². The predicted octanol–water partition coefficient (Wildman–Crippen LogP) is 4.04. The Hall–Kier alpha value is -3.44. The van der Waals surface area contributed by atoms with Crippen molar-refractivity contribution in [3.8, 4) is 17.6 Å². The number of esters is 1. The second-order valence-electron chi connectivity index (χ2n) is 7.00. The molecule has 1 unspecified atom stereocenters. The van der Waals surface area contributed by atoms with Gasteiger partial charge in [-0.1, -0.05) is 18.5 Å². The number of carbonyl (C=O) groups excluding carboxylic acids is 1. The molecule has 0 aliphatic carbocycles. The largest absolute Gasteiger partial charge is 0.463 e. The molecule has 2 aromatic rings. The van der Waals surface area contributed by atoms with Gasteiger partial charge in [0.1, 0.15) is 22.6 Å². The zero-order valence-electron chi connectivity index (χ0n) is 17.0. The molecular weight excluding hydrogens is 422 g/mol. The highest BCUT2D eigenvalue weighted by molar-refractivity contribution is 6.30. The van der Waals surface area contributed by atoms with Crippen molar-refractivity contribution in [3.05, 3.63) is 51.7 Å². The van der Waals surface area contributed by atoms with E-state index in [2.05, 4.69) is 11.1 Å². The summed E-state index contributed by atoms with van der Waals surface area (Å²) in [5.74, 6) is 0.00870. The molecule has 4 rings (SSSR count). The third-order valence-corrected chi connectivity index (χ3v) is 5.37. The maximum atomic E-state index is 12.9. The lowest BCUT2D eigenvalue weighted by Gasteiger charge is -2.28. The number of nitriles is 1. The van der Waals surface area contributed by atoms with Crippen molar-refractivity contribution >= 4 is 28.5 Å². The van der Waals surface area contributed by atoms with Gasteiger partial charge in [0.2, 0.25) is 12.7 Å². The molecule has 31 heavy (non-hydrogen) atoms. The Morgan fingerprint density at radius 2 is 2.06 bits per heavy atom. The highest BCUT2D eigenvalue weighted by Crippen LogP contribution is 2.44. The van der Waals surface area contributed by atoms with E-state index in [0.717, 1.165) is 0 Å². The molecule has 3 heterocycles. The standard InChI is InChI=1S/C22H20ClN3O5/c1-3-5-15-19(22(27)28-4-2)18(13(9-24)21(25)31-15)12-6-11-7-16-17(30-10-29-16)8-14(11)26-20(12)23/h6-8,18H,3-5,10,25H2,1-2H3. The van der Waals surface area contributed by atoms with Gasteiger partial charge in [0.25, 0.3) is 0 Å². The maximum absolute atomic E-state index is 12.9. The first kappa shape index (κ1) is 20.8. The minimum atomic E-state index is -0.867. The predicted molar refractivity (Wildman–Crippen MR) is 112 cm³/mol. The minimum absolute atomic E-state index is 0.0640.